The van der Waals surface area contributed by atoms with Gasteiger partial charge in [0.05, 0.1) is 0 Å². The lowest BCUT2D eigenvalue weighted by Gasteiger charge is -2.11. The van der Waals surface area contributed by atoms with Gasteiger partial charge in [-0.3, -0.25) is 0 Å². The number of nitrogens with zero attached hydrogens (tertiary/aromatic N) is 3. The number of nitriles is 1. The molecule has 1 aromatic carbocycles. The van der Waals surface area contributed by atoms with Gasteiger partial charge in [-0.05, 0) is 31.9 Å². The van der Waals surface area contributed by atoms with Crippen LogP contribution in [0.25, 0.3) is 11.4 Å². The fraction of sp³-hybridized carbons (Fsp3) is 0.267. The van der Waals surface area contributed by atoms with Crippen molar-refractivity contribution in [3.8, 4) is 17.5 Å². The van der Waals surface area contributed by atoms with Crippen molar-refractivity contribution < 1.29 is 0 Å². The maximum Gasteiger partial charge on any atom is 0.163 e. The molecule has 0 aliphatic rings. The molecule has 0 saturated heterocycles. The molecule has 0 saturated carbocycles. The standard InChI is InChI=1S/C15H16N4/c1-9-5-10(2)14(11(3)6-9)15-18-12(8-16)7-13(17-4)19-15/h5-7H,1-4H3,(H,17,18,19). The fourth-order valence-corrected chi connectivity index (χ4v) is 2.28. The van der Waals surface area contributed by atoms with E-state index in [9.17, 15) is 0 Å². The lowest BCUT2D eigenvalue weighted by Crippen LogP contribution is -2.01. The first-order valence-electron chi connectivity index (χ1n) is 6.10. The minimum atomic E-state index is 0.369. The van der Waals surface area contributed by atoms with E-state index in [0.717, 1.165) is 16.7 Å². The van der Waals surface area contributed by atoms with E-state index in [0.29, 0.717) is 17.3 Å². The van der Waals surface area contributed by atoms with Crippen LogP contribution in [0, 0.1) is 32.1 Å². The zero-order chi connectivity index (χ0) is 14.0. The summed E-state index contributed by atoms with van der Waals surface area (Å²) in [5.74, 6) is 1.25. The molecule has 0 aliphatic carbocycles. The second-order valence-corrected chi connectivity index (χ2v) is 4.60. The van der Waals surface area contributed by atoms with Gasteiger partial charge in [0.2, 0.25) is 0 Å². The van der Waals surface area contributed by atoms with E-state index in [1.807, 2.05) is 13.8 Å². The Bertz CT molecular complexity index is 645. The zero-order valence-electron chi connectivity index (χ0n) is 11.6. The van der Waals surface area contributed by atoms with Gasteiger partial charge >= 0.3 is 0 Å². The third-order valence-electron chi connectivity index (χ3n) is 3.00. The number of rotatable bonds is 2. The minimum absolute atomic E-state index is 0.369. The summed E-state index contributed by atoms with van der Waals surface area (Å²) in [5, 5.41) is 12.0. The Kier molecular flexibility index (Phi) is 3.48. The fourth-order valence-electron chi connectivity index (χ4n) is 2.28. The Labute approximate surface area is 113 Å². The van der Waals surface area contributed by atoms with Crippen LogP contribution in [0.4, 0.5) is 5.82 Å². The van der Waals surface area contributed by atoms with Crippen molar-refractivity contribution in [1.82, 2.24) is 9.97 Å². The summed E-state index contributed by atoms with van der Waals surface area (Å²) >= 11 is 0. The van der Waals surface area contributed by atoms with Gasteiger partial charge in [-0.25, -0.2) is 9.97 Å². The summed E-state index contributed by atoms with van der Waals surface area (Å²) in [6.45, 7) is 6.14. The van der Waals surface area contributed by atoms with E-state index in [1.165, 1.54) is 5.56 Å². The summed E-state index contributed by atoms with van der Waals surface area (Å²) in [5.41, 5.74) is 4.82. The van der Waals surface area contributed by atoms with Crippen LogP contribution in [0.1, 0.15) is 22.4 Å². The molecule has 0 unspecified atom stereocenters. The number of anilines is 1. The lowest BCUT2D eigenvalue weighted by molar-refractivity contribution is 1.12. The molecule has 4 heteroatoms. The monoisotopic (exact) mass is 252 g/mol. The normalized spacial score (nSPS) is 10.1. The summed E-state index contributed by atoms with van der Waals surface area (Å²) in [7, 11) is 1.78. The Balaban J connectivity index is 2.69. The van der Waals surface area contributed by atoms with Crippen molar-refractivity contribution in [3.05, 3.63) is 40.6 Å². The Morgan fingerprint density at radius 1 is 1.05 bits per heavy atom. The number of nitrogens with one attached hydrogen (secondary N) is 1. The molecule has 0 radical (unpaired) electrons. The molecule has 96 valence electrons. The second-order valence-electron chi connectivity index (χ2n) is 4.60. The highest BCUT2D eigenvalue weighted by molar-refractivity contribution is 5.67. The first kappa shape index (κ1) is 13.0. The molecule has 19 heavy (non-hydrogen) atoms. The van der Waals surface area contributed by atoms with Gasteiger partial charge in [-0.1, -0.05) is 17.7 Å². The van der Waals surface area contributed by atoms with Crippen molar-refractivity contribution in [1.29, 1.82) is 5.26 Å². The maximum absolute atomic E-state index is 9.04. The molecule has 2 rings (SSSR count). The first-order valence-corrected chi connectivity index (χ1v) is 6.10. The van der Waals surface area contributed by atoms with Crippen molar-refractivity contribution in [3.63, 3.8) is 0 Å². The first-order chi connectivity index (χ1) is 9.05. The average Bonchev–Trinajstić information content (AvgIpc) is 2.37. The van der Waals surface area contributed by atoms with E-state index in [4.69, 9.17) is 5.26 Å². The number of benzene rings is 1. The van der Waals surface area contributed by atoms with Crippen molar-refractivity contribution >= 4 is 5.82 Å². The third kappa shape index (κ3) is 2.55. The quantitative estimate of drug-likeness (QED) is 0.892. The molecule has 1 aromatic heterocycles. The van der Waals surface area contributed by atoms with Crippen molar-refractivity contribution in [2.45, 2.75) is 20.8 Å². The molecule has 0 atom stereocenters. The van der Waals surface area contributed by atoms with Gasteiger partial charge in [0.1, 0.15) is 17.6 Å². The lowest BCUT2D eigenvalue weighted by atomic mass is 9.99. The molecule has 0 spiro atoms. The molecule has 2 aromatic rings. The van der Waals surface area contributed by atoms with Gasteiger partial charge in [0.25, 0.3) is 0 Å². The van der Waals surface area contributed by atoms with Crippen LogP contribution in [0.2, 0.25) is 0 Å². The molecule has 1 heterocycles. The SMILES string of the molecule is CNc1cc(C#N)nc(-c2c(C)cc(C)cc2C)n1. The van der Waals surface area contributed by atoms with E-state index >= 15 is 0 Å². The van der Waals surface area contributed by atoms with Gasteiger partial charge in [0.15, 0.2) is 5.82 Å². The van der Waals surface area contributed by atoms with Crippen LogP contribution >= 0.6 is 0 Å². The smallest absolute Gasteiger partial charge is 0.163 e. The summed E-state index contributed by atoms with van der Waals surface area (Å²) in [4.78, 5) is 8.76. The van der Waals surface area contributed by atoms with Gasteiger partial charge in [-0.2, -0.15) is 5.26 Å². The molecule has 0 aliphatic heterocycles. The Hall–Kier alpha value is -2.41. The van der Waals surface area contributed by atoms with Crippen molar-refractivity contribution in [2.75, 3.05) is 12.4 Å². The van der Waals surface area contributed by atoms with Crippen molar-refractivity contribution in [2.24, 2.45) is 0 Å². The number of hydrogen-bond donors (Lipinski definition) is 1. The van der Waals surface area contributed by atoms with E-state index < -0.39 is 0 Å². The summed E-state index contributed by atoms with van der Waals surface area (Å²) in [6.07, 6.45) is 0. The Morgan fingerprint density at radius 2 is 1.68 bits per heavy atom. The molecular formula is C15H16N4. The molecule has 1 N–H and O–H groups in total. The van der Waals surface area contributed by atoms with E-state index in [-0.39, 0.29) is 0 Å². The van der Waals surface area contributed by atoms with Crippen LogP contribution in [-0.2, 0) is 0 Å². The van der Waals surface area contributed by atoms with Crippen LogP contribution in [0.15, 0.2) is 18.2 Å². The van der Waals surface area contributed by atoms with E-state index in [1.54, 1.807) is 13.1 Å². The summed E-state index contributed by atoms with van der Waals surface area (Å²) in [6, 6.07) is 7.91. The van der Waals surface area contributed by atoms with Crippen LogP contribution < -0.4 is 5.32 Å². The minimum Gasteiger partial charge on any atom is -0.373 e. The van der Waals surface area contributed by atoms with Crippen LogP contribution in [0.5, 0.6) is 0 Å². The highest BCUT2D eigenvalue weighted by atomic mass is 15.0. The van der Waals surface area contributed by atoms with Gasteiger partial charge in [0, 0.05) is 18.7 Å². The molecular weight excluding hydrogens is 236 g/mol. The largest absolute Gasteiger partial charge is 0.373 e. The molecule has 0 fully saturated rings. The predicted molar refractivity (Wildman–Crippen MR) is 75.9 cm³/mol. The van der Waals surface area contributed by atoms with E-state index in [2.05, 4.69) is 40.4 Å². The number of aryl methyl sites for hydroxylation is 3. The highest BCUT2D eigenvalue weighted by Crippen LogP contribution is 2.26. The number of aromatic nitrogens is 2. The molecule has 0 bridgehead atoms. The highest BCUT2D eigenvalue weighted by Gasteiger charge is 2.12. The predicted octanol–water partition coefficient (Wildman–Crippen LogP) is 2.98. The van der Waals surface area contributed by atoms with Gasteiger partial charge in [-0.15, -0.1) is 0 Å². The molecule has 4 nitrogen and oxygen atoms in total. The zero-order valence-corrected chi connectivity index (χ0v) is 11.6. The maximum atomic E-state index is 9.04. The number of hydrogen-bond acceptors (Lipinski definition) is 4. The third-order valence-corrected chi connectivity index (χ3v) is 3.00. The summed E-state index contributed by atoms with van der Waals surface area (Å²) < 4.78 is 0. The average molecular weight is 252 g/mol. The topological polar surface area (TPSA) is 61.6 Å². The Morgan fingerprint density at radius 3 is 2.21 bits per heavy atom. The van der Waals surface area contributed by atoms with Crippen LogP contribution in [-0.4, -0.2) is 17.0 Å². The van der Waals surface area contributed by atoms with Crippen LogP contribution in [0.3, 0.4) is 0 Å². The second kappa shape index (κ2) is 5.07. The van der Waals surface area contributed by atoms with Gasteiger partial charge < -0.3 is 5.32 Å². The molecule has 0 amide bonds.